The Labute approximate surface area is 119 Å². The van der Waals surface area contributed by atoms with E-state index in [0.717, 1.165) is 12.8 Å². The zero-order valence-electron chi connectivity index (χ0n) is 11.6. The number of carbonyl (C=O) groups excluding carboxylic acids is 1. The van der Waals surface area contributed by atoms with Crippen LogP contribution in [0, 0.1) is 0 Å². The third-order valence-corrected chi connectivity index (χ3v) is 5.00. The van der Waals surface area contributed by atoms with Crippen LogP contribution in [-0.2, 0) is 14.6 Å². The molecule has 2 N–H and O–H groups in total. The van der Waals surface area contributed by atoms with Gasteiger partial charge < -0.3 is 10.6 Å². The number of anilines is 1. The molecule has 20 heavy (non-hydrogen) atoms. The minimum absolute atomic E-state index is 0.0100. The average molecular weight is 296 g/mol. The first kappa shape index (κ1) is 14.8. The lowest BCUT2D eigenvalue weighted by molar-refractivity contribution is -0.120. The number of para-hydroxylation sites is 1. The second-order valence-corrected chi connectivity index (χ2v) is 7.16. The summed E-state index contributed by atoms with van der Waals surface area (Å²) in [6, 6.07) is 7.15. The highest BCUT2D eigenvalue weighted by atomic mass is 32.2. The van der Waals surface area contributed by atoms with Crippen molar-refractivity contribution in [3.05, 3.63) is 24.3 Å². The van der Waals surface area contributed by atoms with Crippen molar-refractivity contribution in [3.8, 4) is 0 Å². The van der Waals surface area contributed by atoms with Gasteiger partial charge in [0.1, 0.15) is 0 Å². The highest BCUT2D eigenvalue weighted by Gasteiger charge is 2.23. The van der Waals surface area contributed by atoms with Crippen molar-refractivity contribution in [1.82, 2.24) is 5.32 Å². The minimum Gasteiger partial charge on any atom is -0.383 e. The molecule has 0 saturated heterocycles. The van der Waals surface area contributed by atoms with Crippen LogP contribution < -0.4 is 10.6 Å². The molecule has 1 aliphatic carbocycles. The second kappa shape index (κ2) is 6.26. The predicted molar refractivity (Wildman–Crippen MR) is 78.4 cm³/mol. The first-order valence-corrected chi connectivity index (χ1v) is 8.53. The van der Waals surface area contributed by atoms with Gasteiger partial charge in [-0.3, -0.25) is 4.79 Å². The van der Waals surface area contributed by atoms with Crippen LogP contribution in [0.3, 0.4) is 0 Å². The Bertz CT molecular complexity index is 580. The molecule has 0 radical (unpaired) electrons. The second-order valence-electron chi connectivity index (χ2n) is 4.92. The Morgan fingerprint density at radius 1 is 1.30 bits per heavy atom. The first-order chi connectivity index (χ1) is 9.53. The topological polar surface area (TPSA) is 75.3 Å². The highest BCUT2D eigenvalue weighted by molar-refractivity contribution is 7.91. The number of hydrogen-bond donors (Lipinski definition) is 2. The van der Waals surface area contributed by atoms with E-state index >= 15 is 0 Å². The van der Waals surface area contributed by atoms with Crippen molar-refractivity contribution in [2.45, 2.75) is 37.1 Å². The molecule has 0 heterocycles. The van der Waals surface area contributed by atoms with Gasteiger partial charge in [-0.25, -0.2) is 8.42 Å². The summed E-state index contributed by atoms with van der Waals surface area (Å²) in [6.45, 7) is 2.05. The Morgan fingerprint density at radius 3 is 2.65 bits per heavy atom. The molecule has 0 spiro atoms. The van der Waals surface area contributed by atoms with E-state index < -0.39 is 9.84 Å². The largest absolute Gasteiger partial charge is 0.383 e. The van der Waals surface area contributed by atoms with Crippen LogP contribution in [0.1, 0.15) is 26.2 Å². The smallest absolute Gasteiger partial charge is 0.221 e. The van der Waals surface area contributed by atoms with Crippen molar-refractivity contribution in [1.29, 1.82) is 0 Å². The third-order valence-electron chi connectivity index (χ3n) is 3.21. The van der Waals surface area contributed by atoms with Crippen LogP contribution in [-0.4, -0.2) is 32.7 Å². The first-order valence-electron chi connectivity index (χ1n) is 6.88. The molecule has 1 amide bonds. The van der Waals surface area contributed by atoms with Gasteiger partial charge in [0.15, 0.2) is 9.84 Å². The van der Waals surface area contributed by atoms with Gasteiger partial charge in [0, 0.05) is 19.0 Å². The minimum atomic E-state index is -3.25. The molecule has 0 atom stereocenters. The third kappa shape index (κ3) is 3.96. The van der Waals surface area contributed by atoms with Gasteiger partial charge in [-0.1, -0.05) is 19.1 Å². The molecule has 1 fully saturated rings. The molecule has 110 valence electrons. The van der Waals surface area contributed by atoms with E-state index in [9.17, 15) is 13.2 Å². The van der Waals surface area contributed by atoms with Gasteiger partial charge in [-0.15, -0.1) is 0 Å². The fraction of sp³-hybridized carbons (Fsp3) is 0.500. The number of hydrogen-bond acceptors (Lipinski definition) is 4. The van der Waals surface area contributed by atoms with Gasteiger partial charge >= 0.3 is 0 Å². The maximum Gasteiger partial charge on any atom is 0.221 e. The van der Waals surface area contributed by atoms with Crippen molar-refractivity contribution < 1.29 is 13.2 Å². The molecule has 0 aliphatic heterocycles. The van der Waals surface area contributed by atoms with E-state index in [-0.39, 0.29) is 11.7 Å². The van der Waals surface area contributed by atoms with E-state index in [1.165, 1.54) is 0 Å². The van der Waals surface area contributed by atoms with Gasteiger partial charge in [-0.05, 0) is 25.0 Å². The molecular weight excluding hydrogens is 276 g/mol. The summed E-state index contributed by atoms with van der Waals surface area (Å²) >= 11 is 0. The molecule has 6 heteroatoms. The zero-order chi connectivity index (χ0) is 14.6. The number of carbonyl (C=O) groups is 1. The molecule has 1 aromatic carbocycles. The maximum atomic E-state index is 12.0. The molecule has 5 nitrogen and oxygen atoms in total. The Morgan fingerprint density at radius 2 is 2.00 bits per heavy atom. The molecule has 0 bridgehead atoms. The molecule has 1 saturated carbocycles. The van der Waals surface area contributed by atoms with Crippen LogP contribution in [0.15, 0.2) is 29.2 Å². The molecule has 1 aliphatic rings. The highest BCUT2D eigenvalue weighted by Crippen LogP contribution is 2.22. The number of sulfone groups is 1. The Balaban J connectivity index is 1.93. The standard InChI is InChI=1S/C14H20N2O3S/c1-2-20(18,19)13-6-4-3-5-12(13)15-10-9-14(17)16-11-7-8-11/h3-6,11,15H,2,7-10H2,1H3,(H,16,17). The fourth-order valence-electron chi connectivity index (χ4n) is 1.88. The molecule has 2 rings (SSSR count). The molecule has 0 aromatic heterocycles. The summed E-state index contributed by atoms with van der Waals surface area (Å²) in [5, 5.41) is 5.94. The maximum absolute atomic E-state index is 12.0. The van der Waals surface area contributed by atoms with Crippen LogP contribution in [0.2, 0.25) is 0 Å². The van der Waals surface area contributed by atoms with Crippen LogP contribution in [0.25, 0.3) is 0 Å². The summed E-state index contributed by atoms with van der Waals surface area (Å²) < 4.78 is 23.9. The molecule has 0 unspecified atom stereocenters. The summed E-state index contributed by atoms with van der Waals surface area (Å²) in [6.07, 6.45) is 2.48. The van der Waals surface area contributed by atoms with Crippen molar-refractivity contribution in [2.75, 3.05) is 17.6 Å². The Kier molecular flexibility index (Phi) is 4.65. The van der Waals surface area contributed by atoms with Gasteiger partial charge in [-0.2, -0.15) is 0 Å². The van der Waals surface area contributed by atoms with E-state index in [2.05, 4.69) is 10.6 Å². The van der Waals surface area contributed by atoms with Crippen molar-refractivity contribution >= 4 is 21.4 Å². The lowest BCUT2D eigenvalue weighted by atomic mass is 10.3. The SMILES string of the molecule is CCS(=O)(=O)c1ccccc1NCCC(=O)NC1CC1. The number of rotatable bonds is 7. The predicted octanol–water partition coefficient (Wildman–Crippen LogP) is 1.56. The number of benzene rings is 1. The van der Waals surface area contributed by atoms with Crippen LogP contribution >= 0.6 is 0 Å². The number of amides is 1. The number of nitrogens with one attached hydrogen (secondary N) is 2. The van der Waals surface area contributed by atoms with E-state index in [1.807, 2.05) is 0 Å². The fourth-order valence-corrected chi connectivity index (χ4v) is 2.95. The summed E-state index contributed by atoms with van der Waals surface area (Å²) in [5.74, 6) is 0.0734. The Hall–Kier alpha value is -1.56. The quantitative estimate of drug-likeness (QED) is 0.800. The monoisotopic (exact) mass is 296 g/mol. The average Bonchev–Trinajstić information content (AvgIpc) is 3.23. The normalized spacial score (nSPS) is 14.8. The van der Waals surface area contributed by atoms with Gasteiger partial charge in [0.2, 0.25) is 5.91 Å². The summed E-state index contributed by atoms with van der Waals surface area (Å²) in [4.78, 5) is 11.8. The van der Waals surface area contributed by atoms with Gasteiger partial charge in [0.25, 0.3) is 0 Å². The lowest BCUT2D eigenvalue weighted by Crippen LogP contribution is -2.27. The van der Waals surface area contributed by atoms with E-state index in [0.29, 0.717) is 29.6 Å². The van der Waals surface area contributed by atoms with E-state index in [4.69, 9.17) is 0 Å². The van der Waals surface area contributed by atoms with Crippen molar-refractivity contribution in [2.24, 2.45) is 0 Å². The van der Waals surface area contributed by atoms with Crippen molar-refractivity contribution in [3.63, 3.8) is 0 Å². The zero-order valence-corrected chi connectivity index (χ0v) is 12.4. The van der Waals surface area contributed by atoms with Crippen LogP contribution in [0.4, 0.5) is 5.69 Å². The van der Waals surface area contributed by atoms with Gasteiger partial charge in [0.05, 0.1) is 16.3 Å². The van der Waals surface area contributed by atoms with Crippen LogP contribution in [0.5, 0.6) is 0 Å². The lowest BCUT2D eigenvalue weighted by Gasteiger charge is -2.11. The summed E-state index contributed by atoms with van der Waals surface area (Å²) in [7, 11) is -3.25. The molecule has 1 aromatic rings. The molecular formula is C14H20N2O3S. The summed E-state index contributed by atoms with van der Waals surface area (Å²) in [5.41, 5.74) is 0.563. The van der Waals surface area contributed by atoms with E-state index in [1.54, 1.807) is 31.2 Å².